The summed E-state index contributed by atoms with van der Waals surface area (Å²) in [5.74, 6) is -0.789. The maximum absolute atomic E-state index is 11.9. The summed E-state index contributed by atoms with van der Waals surface area (Å²) in [6.45, 7) is -0.373. The van der Waals surface area contributed by atoms with E-state index in [9.17, 15) is 19.7 Å². The maximum atomic E-state index is 11.9. The van der Waals surface area contributed by atoms with Crippen LogP contribution in [0.25, 0.3) is 0 Å². The minimum atomic E-state index is -0.581. The average Bonchev–Trinajstić information content (AvgIpc) is 2.64. The van der Waals surface area contributed by atoms with Crippen LogP contribution in [0, 0.1) is 10.1 Å². The minimum Gasteiger partial charge on any atom is -0.484 e. The van der Waals surface area contributed by atoms with Crippen LogP contribution in [0.3, 0.4) is 0 Å². The lowest BCUT2D eigenvalue weighted by Gasteiger charge is -2.11. The van der Waals surface area contributed by atoms with E-state index in [1.807, 2.05) is 0 Å². The lowest BCUT2D eigenvalue weighted by molar-refractivity contribution is -0.384. The van der Waals surface area contributed by atoms with Crippen molar-refractivity contribution < 1.29 is 19.2 Å². The Labute approximate surface area is 163 Å². The highest BCUT2D eigenvalue weighted by Gasteiger charge is 2.10. The number of nitro benzene ring substituents is 1. The van der Waals surface area contributed by atoms with Crippen LogP contribution < -0.4 is 20.9 Å². The third kappa shape index (κ3) is 6.53. The fourth-order valence-corrected chi connectivity index (χ4v) is 2.18. The summed E-state index contributed by atoms with van der Waals surface area (Å²) >= 11 is 10.7. The van der Waals surface area contributed by atoms with Gasteiger partial charge in [0.05, 0.1) is 4.92 Å². The predicted octanol–water partition coefficient (Wildman–Crippen LogP) is 1.96. The number of thiocarbonyl (C=S) groups is 1. The molecule has 0 fully saturated rings. The summed E-state index contributed by atoms with van der Waals surface area (Å²) in [5.41, 5.74) is 4.91. The molecule has 0 aromatic heterocycles. The molecule has 2 aromatic carbocycles. The van der Waals surface area contributed by atoms with Gasteiger partial charge < -0.3 is 4.74 Å². The normalized spacial score (nSPS) is 9.81. The van der Waals surface area contributed by atoms with Crippen LogP contribution in [0.1, 0.15) is 10.4 Å². The lowest BCUT2D eigenvalue weighted by Crippen LogP contribution is -2.49. The first-order valence-corrected chi connectivity index (χ1v) is 8.17. The molecule has 0 heterocycles. The van der Waals surface area contributed by atoms with Gasteiger partial charge in [-0.25, -0.2) is 0 Å². The van der Waals surface area contributed by atoms with Crippen molar-refractivity contribution in [2.75, 3.05) is 6.61 Å². The number of carbonyl (C=O) groups excluding carboxylic acids is 2. The summed E-state index contributed by atoms with van der Waals surface area (Å²) in [7, 11) is 0. The summed E-state index contributed by atoms with van der Waals surface area (Å²) in [5, 5.41) is 13.1. The van der Waals surface area contributed by atoms with E-state index in [0.717, 1.165) is 0 Å². The Morgan fingerprint density at radius 3 is 2.48 bits per heavy atom. The fourth-order valence-electron chi connectivity index (χ4n) is 1.82. The quantitative estimate of drug-likeness (QED) is 0.392. The molecule has 0 unspecified atom stereocenters. The fraction of sp³-hybridized carbons (Fsp3) is 0.0625. The number of nitrogens with one attached hydrogen (secondary N) is 3. The number of halogens is 1. The van der Waals surface area contributed by atoms with E-state index in [4.69, 9.17) is 28.6 Å². The van der Waals surface area contributed by atoms with Crippen molar-refractivity contribution in [3.63, 3.8) is 0 Å². The number of carbonyl (C=O) groups is 2. The second kappa shape index (κ2) is 9.46. The van der Waals surface area contributed by atoms with Crippen molar-refractivity contribution in [2.45, 2.75) is 0 Å². The molecule has 9 nitrogen and oxygen atoms in total. The molecular formula is C16H13ClN4O5S. The van der Waals surface area contributed by atoms with Crippen LogP contribution in [0.2, 0.25) is 5.02 Å². The molecule has 27 heavy (non-hydrogen) atoms. The second-order valence-corrected chi connectivity index (χ2v) is 5.85. The van der Waals surface area contributed by atoms with Gasteiger partial charge in [0, 0.05) is 22.7 Å². The molecule has 0 spiro atoms. The number of benzene rings is 2. The molecule has 0 aliphatic heterocycles. The zero-order valence-electron chi connectivity index (χ0n) is 13.6. The number of hydrogen-bond acceptors (Lipinski definition) is 6. The molecule has 0 aliphatic rings. The van der Waals surface area contributed by atoms with Crippen LogP contribution in [0.4, 0.5) is 5.69 Å². The molecule has 0 bridgehead atoms. The second-order valence-electron chi connectivity index (χ2n) is 5.01. The first kappa shape index (κ1) is 20.1. The smallest absolute Gasteiger partial charge is 0.269 e. The largest absolute Gasteiger partial charge is 0.484 e. The van der Waals surface area contributed by atoms with E-state index in [1.54, 1.807) is 18.2 Å². The Balaban J connectivity index is 1.74. The Bertz CT molecular complexity index is 875. The van der Waals surface area contributed by atoms with E-state index >= 15 is 0 Å². The van der Waals surface area contributed by atoms with Gasteiger partial charge in [-0.15, -0.1) is 0 Å². The van der Waals surface area contributed by atoms with Gasteiger partial charge in [-0.3, -0.25) is 35.9 Å². The molecule has 11 heteroatoms. The zero-order chi connectivity index (χ0) is 19.8. The average molecular weight is 409 g/mol. The van der Waals surface area contributed by atoms with Gasteiger partial charge in [0.2, 0.25) is 0 Å². The number of hydrazine groups is 1. The van der Waals surface area contributed by atoms with Crippen molar-refractivity contribution in [3.8, 4) is 5.75 Å². The number of nitro groups is 1. The van der Waals surface area contributed by atoms with E-state index in [-0.39, 0.29) is 23.2 Å². The number of rotatable bonds is 5. The minimum absolute atomic E-state index is 0.0902. The third-order valence-corrected chi connectivity index (χ3v) is 3.49. The molecule has 2 amide bonds. The van der Waals surface area contributed by atoms with E-state index in [2.05, 4.69) is 16.2 Å². The predicted molar refractivity (Wildman–Crippen MR) is 101 cm³/mol. The third-order valence-electron chi connectivity index (χ3n) is 3.05. The maximum Gasteiger partial charge on any atom is 0.269 e. The van der Waals surface area contributed by atoms with Crippen molar-refractivity contribution in [1.82, 2.24) is 16.2 Å². The summed E-state index contributed by atoms with van der Waals surface area (Å²) in [4.78, 5) is 33.7. The lowest BCUT2D eigenvalue weighted by atomic mass is 10.2. The van der Waals surface area contributed by atoms with E-state index in [1.165, 1.54) is 30.3 Å². The molecule has 140 valence electrons. The SMILES string of the molecule is O=C(COc1ccc([N+](=O)[O-])cc1)NC(=S)NNC(=O)c1cccc(Cl)c1. The van der Waals surface area contributed by atoms with Crippen LogP contribution in [0.5, 0.6) is 5.75 Å². The number of non-ortho nitro benzene ring substituents is 1. The van der Waals surface area contributed by atoms with Crippen LogP contribution >= 0.6 is 23.8 Å². The highest BCUT2D eigenvalue weighted by molar-refractivity contribution is 7.80. The Hall–Kier alpha value is -3.24. The van der Waals surface area contributed by atoms with Crippen molar-refractivity contribution in [1.29, 1.82) is 0 Å². The topological polar surface area (TPSA) is 123 Å². The van der Waals surface area contributed by atoms with Crippen molar-refractivity contribution in [2.24, 2.45) is 0 Å². The van der Waals surface area contributed by atoms with E-state index < -0.39 is 16.7 Å². The molecular weight excluding hydrogens is 396 g/mol. The monoisotopic (exact) mass is 408 g/mol. The van der Waals surface area contributed by atoms with Gasteiger partial charge in [-0.05, 0) is 42.5 Å². The first-order chi connectivity index (χ1) is 12.8. The molecule has 0 saturated heterocycles. The molecule has 0 saturated carbocycles. The standard InChI is InChI=1S/C16H13ClN4O5S/c17-11-3-1-2-10(8-11)15(23)19-20-16(27)18-14(22)9-26-13-6-4-12(5-7-13)21(24)25/h1-8H,9H2,(H,19,23)(H2,18,20,22,27). The number of nitrogens with zero attached hydrogens (tertiary/aromatic N) is 1. The van der Waals surface area contributed by atoms with E-state index in [0.29, 0.717) is 10.6 Å². The van der Waals surface area contributed by atoms with Crippen LogP contribution in [-0.4, -0.2) is 28.5 Å². The summed E-state index contributed by atoms with van der Waals surface area (Å²) in [6.07, 6.45) is 0. The Morgan fingerprint density at radius 2 is 1.85 bits per heavy atom. The highest BCUT2D eigenvalue weighted by Crippen LogP contribution is 2.17. The van der Waals surface area contributed by atoms with Gasteiger partial charge in [-0.2, -0.15) is 0 Å². The molecule has 3 N–H and O–H groups in total. The van der Waals surface area contributed by atoms with Gasteiger partial charge in [-0.1, -0.05) is 17.7 Å². The highest BCUT2D eigenvalue weighted by atomic mass is 35.5. The first-order valence-electron chi connectivity index (χ1n) is 7.38. The number of amides is 2. The zero-order valence-corrected chi connectivity index (χ0v) is 15.2. The molecule has 0 atom stereocenters. The molecule has 2 aromatic rings. The van der Waals surface area contributed by atoms with Crippen molar-refractivity contribution in [3.05, 3.63) is 69.2 Å². The van der Waals surface area contributed by atoms with Gasteiger partial charge in [0.1, 0.15) is 5.75 Å². The van der Waals surface area contributed by atoms with Gasteiger partial charge in [0.15, 0.2) is 11.7 Å². The molecule has 0 aliphatic carbocycles. The molecule has 0 radical (unpaired) electrons. The van der Waals surface area contributed by atoms with Crippen LogP contribution in [0.15, 0.2) is 48.5 Å². The molecule has 2 rings (SSSR count). The van der Waals surface area contributed by atoms with Crippen LogP contribution in [-0.2, 0) is 4.79 Å². The number of hydrogen-bond donors (Lipinski definition) is 3. The van der Waals surface area contributed by atoms with Gasteiger partial charge >= 0.3 is 0 Å². The summed E-state index contributed by atoms with van der Waals surface area (Å²) < 4.78 is 5.19. The summed E-state index contributed by atoms with van der Waals surface area (Å²) in [6, 6.07) is 11.5. The van der Waals surface area contributed by atoms with Gasteiger partial charge in [0.25, 0.3) is 17.5 Å². The Kier molecular flexibility index (Phi) is 7.03. The van der Waals surface area contributed by atoms with Crippen molar-refractivity contribution >= 4 is 46.4 Å². The number of ether oxygens (including phenoxy) is 1. The Morgan fingerprint density at radius 1 is 1.15 bits per heavy atom.